The highest BCUT2D eigenvalue weighted by atomic mass is 35.5. The quantitative estimate of drug-likeness (QED) is 0.214. The lowest BCUT2D eigenvalue weighted by Gasteiger charge is -2.14. The van der Waals surface area contributed by atoms with Gasteiger partial charge in [-0.25, -0.2) is 4.98 Å². The minimum atomic E-state index is -0.324. The summed E-state index contributed by atoms with van der Waals surface area (Å²) in [5.41, 5.74) is 2.05. The first-order valence-corrected chi connectivity index (χ1v) is 13.6. The van der Waals surface area contributed by atoms with Gasteiger partial charge in [-0.15, -0.1) is 11.3 Å². The van der Waals surface area contributed by atoms with Crippen LogP contribution >= 0.6 is 57.9 Å². The van der Waals surface area contributed by atoms with Gasteiger partial charge in [-0.2, -0.15) is 0 Å². The van der Waals surface area contributed by atoms with Crippen LogP contribution in [-0.2, 0) is 17.6 Å². The van der Waals surface area contributed by atoms with Gasteiger partial charge in [0.1, 0.15) is 4.83 Å². The Morgan fingerprint density at radius 2 is 1.79 bits per heavy atom. The fourth-order valence-corrected chi connectivity index (χ4v) is 7.08. The van der Waals surface area contributed by atoms with Crippen molar-refractivity contribution in [2.24, 2.45) is 0 Å². The summed E-state index contributed by atoms with van der Waals surface area (Å²) < 4.78 is 1.60. The molecular weight excluding hydrogens is 533 g/mol. The number of carbonyl (C=O) groups excluding carboxylic acids is 1. The first-order valence-electron chi connectivity index (χ1n) is 10.6. The van der Waals surface area contributed by atoms with Crippen molar-refractivity contribution in [3.8, 4) is 5.69 Å². The van der Waals surface area contributed by atoms with Crippen molar-refractivity contribution in [1.82, 2.24) is 9.55 Å². The number of anilines is 1. The van der Waals surface area contributed by atoms with Crippen molar-refractivity contribution in [3.05, 3.63) is 78.3 Å². The van der Waals surface area contributed by atoms with Crippen LogP contribution in [0.4, 0.5) is 5.69 Å². The second-order valence-electron chi connectivity index (χ2n) is 7.84. The summed E-state index contributed by atoms with van der Waals surface area (Å²) in [6, 6.07) is 12.4. The Labute approximate surface area is 219 Å². The van der Waals surface area contributed by atoms with E-state index < -0.39 is 0 Å². The number of aromatic nitrogens is 2. The van der Waals surface area contributed by atoms with Crippen LogP contribution in [0.1, 0.15) is 23.3 Å². The van der Waals surface area contributed by atoms with Crippen LogP contribution in [0.5, 0.6) is 0 Å². The van der Waals surface area contributed by atoms with E-state index in [9.17, 15) is 9.59 Å². The minimum Gasteiger partial charge on any atom is -0.323 e. The number of fused-ring (bicyclic) bond motifs is 3. The van der Waals surface area contributed by atoms with Crippen molar-refractivity contribution >= 4 is 79.7 Å². The van der Waals surface area contributed by atoms with Crippen molar-refractivity contribution in [1.29, 1.82) is 0 Å². The number of amides is 1. The largest absolute Gasteiger partial charge is 0.323 e. The van der Waals surface area contributed by atoms with E-state index in [2.05, 4.69) is 5.32 Å². The number of hydrogen-bond donors (Lipinski definition) is 1. The number of benzene rings is 2. The zero-order chi connectivity index (χ0) is 23.8. The van der Waals surface area contributed by atoms with E-state index in [1.807, 2.05) is 30.3 Å². The van der Waals surface area contributed by atoms with E-state index >= 15 is 0 Å². The van der Waals surface area contributed by atoms with Gasteiger partial charge in [-0.1, -0.05) is 64.8 Å². The van der Waals surface area contributed by atoms with Gasteiger partial charge in [0.05, 0.1) is 32.6 Å². The number of nitrogens with zero attached hydrogens (tertiary/aromatic N) is 2. The molecule has 0 saturated carbocycles. The summed E-state index contributed by atoms with van der Waals surface area (Å²) in [4.78, 5) is 33.3. The third-order valence-electron chi connectivity index (χ3n) is 5.58. The second kappa shape index (κ2) is 9.91. The Balaban J connectivity index is 1.50. The van der Waals surface area contributed by atoms with Gasteiger partial charge in [0.25, 0.3) is 5.56 Å². The molecule has 0 atom stereocenters. The normalized spacial score (nSPS) is 13.1. The van der Waals surface area contributed by atoms with E-state index in [1.54, 1.807) is 15.9 Å². The molecule has 10 heteroatoms. The maximum absolute atomic E-state index is 13.7. The van der Waals surface area contributed by atoms with E-state index in [-0.39, 0.29) is 27.3 Å². The Bertz CT molecular complexity index is 1450. The van der Waals surface area contributed by atoms with Crippen molar-refractivity contribution in [3.63, 3.8) is 0 Å². The highest BCUT2D eigenvalue weighted by molar-refractivity contribution is 7.99. The Hall–Kier alpha value is -2.03. The maximum Gasteiger partial charge on any atom is 0.267 e. The topological polar surface area (TPSA) is 64.0 Å². The molecular formula is C24H18Cl3N3O2S2. The third-order valence-corrected chi connectivity index (χ3v) is 8.51. The minimum absolute atomic E-state index is 0.0190. The summed E-state index contributed by atoms with van der Waals surface area (Å²) in [6.07, 6.45) is 4.09. The van der Waals surface area contributed by atoms with Gasteiger partial charge in [-0.05, 0) is 55.5 Å². The van der Waals surface area contributed by atoms with Gasteiger partial charge < -0.3 is 5.32 Å². The van der Waals surface area contributed by atoms with Gasteiger partial charge in [0.15, 0.2) is 5.16 Å². The van der Waals surface area contributed by atoms with E-state index in [0.29, 0.717) is 26.9 Å². The van der Waals surface area contributed by atoms with Crippen LogP contribution in [0.3, 0.4) is 0 Å². The van der Waals surface area contributed by atoms with Crippen molar-refractivity contribution < 1.29 is 4.79 Å². The fraction of sp³-hybridized carbons (Fsp3) is 0.208. The van der Waals surface area contributed by atoms with Crippen LogP contribution < -0.4 is 10.9 Å². The molecule has 0 radical (unpaired) electrons. The molecule has 5 rings (SSSR count). The van der Waals surface area contributed by atoms with Gasteiger partial charge in [0, 0.05) is 9.90 Å². The first kappa shape index (κ1) is 23.7. The Morgan fingerprint density at radius 1 is 1.09 bits per heavy atom. The summed E-state index contributed by atoms with van der Waals surface area (Å²) in [5.74, 6) is -0.305. The molecule has 2 heterocycles. The average molecular weight is 551 g/mol. The Morgan fingerprint density at radius 3 is 2.53 bits per heavy atom. The van der Waals surface area contributed by atoms with Crippen LogP contribution in [0.2, 0.25) is 15.1 Å². The third kappa shape index (κ3) is 4.60. The van der Waals surface area contributed by atoms with Gasteiger partial charge >= 0.3 is 0 Å². The molecule has 0 bridgehead atoms. The summed E-state index contributed by atoms with van der Waals surface area (Å²) in [6.45, 7) is 0. The summed E-state index contributed by atoms with van der Waals surface area (Å²) in [7, 11) is 0. The predicted molar refractivity (Wildman–Crippen MR) is 143 cm³/mol. The lowest BCUT2D eigenvalue weighted by molar-refractivity contribution is -0.113. The lowest BCUT2D eigenvalue weighted by Crippen LogP contribution is -2.23. The summed E-state index contributed by atoms with van der Waals surface area (Å²) >= 11 is 21.1. The number of halogens is 3. The second-order valence-corrected chi connectivity index (χ2v) is 11.1. The smallest absolute Gasteiger partial charge is 0.267 e. The molecule has 1 amide bonds. The van der Waals surface area contributed by atoms with Crippen LogP contribution in [0, 0.1) is 0 Å². The fourth-order valence-electron chi connectivity index (χ4n) is 4.06. The number of thioether (sulfide) groups is 1. The highest BCUT2D eigenvalue weighted by Gasteiger charge is 2.23. The molecule has 4 aromatic rings. The number of nitrogens with one attached hydrogen (secondary N) is 1. The number of thiophene rings is 1. The molecule has 0 fully saturated rings. The average Bonchev–Trinajstić information content (AvgIpc) is 3.19. The zero-order valence-corrected chi connectivity index (χ0v) is 21.6. The highest BCUT2D eigenvalue weighted by Crippen LogP contribution is 2.36. The molecule has 5 nitrogen and oxygen atoms in total. The number of para-hydroxylation sites is 1. The molecule has 0 spiro atoms. The molecule has 0 saturated heterocycles. The van der Waals surface area contributed by atoms with Crippen LogP contribution in [0.15, 0.2) is 52.4 Å². The van der Waals surface area contributed by atoms with Gasteiger partial charge in [0.2, 0.25) is 5.91 Å². The number of hydrogen-bond acceptors (Lipinski definition) is 5. The molecule has 174 valence electrons. The number of carbonyl (C=O) groups is 1. The molecule has 2 aromatic heterocycles. The lowest BCUT2D eigenvalue weighted by atomic mass is 9.97. The van der Waals surface area contributed by atoms with Crippen LogP contribution in [0.25, 0.3) is 15.9 Å². The van der Waals surface area contributed by atoms with Crippen molar-refractivity contribution in [2.75, 3.05) is 11.1 Å². The number of rotatable bonds is 5. The Kier molecular flexibility index (Phi) is 6.91. The van der Waals surface area contributed by atoms with E-state index in [4.69, 9.17) is 39.8 Å². The predicted octanol–water partition coefficient (Wildman–Crippen LogP) is 7.02. The molecule has 2 aromatic carbocycles. The van der Waals surface area contributed by atoms with Gasteiger partial charge in [-0.3, -0.25) is 14.2 Å². The van der Waals surface area contributed by atoms with Crippen molar-refractivity contribution in [2.45, 2.75) is 30.8 Å². The van der Waals surface area contributed by atoms with E-state index in [0.717, 1.165) is 36.1 Å². The van der Waals surface area contributed by atoms with E-state index in [1.165, 1.54) is 28.8 Å². The van der Waals surface area contributed by atoms with Crippen LogP contribution in [-0.4, -0.2) is 21.2 Å². The SMILES string of the molecule is O=C(CSc1nc2sc3c(c2c(=O)n1-c1ccccc1)CCCC3)Nc1c(Cl)cc(Cl)cc1Cl. The monoisotopic (exact) mass is 549 g/mol. The molecule has 34 heavy (non-hydrogen) atoms. The summed E-state index contributed by atoms with van der Waals surface area (Å²) in [5, 5.41) is 4.78. The molecule has 0 unspecified atom stereocenters. The molecule has 1 aliphatic carbocycles. The number of aryl methyl sites for hydroxylation is 2. The zero-order valence-electron chi connectivity index (χ0n) is 17.7. The maximum atomic E-state index is 13.7. The molecule has 1 N–H and O–H groups in total. The molecule has 1 aliphatic rings. The molecule has 0 aliphatic heterocycles. The standard InChI is InChI=1S/C24H18Cl3N3O2S2/c25-13-10-16(26)21(17(27)11-13)28-19(31)12-33-24-29-22-20(15-8-4-5-9-18(15)34-22)23(32)30(24)14-6-2-1-3-7-14/h1-3,6-7,10-11H,4-5,8-9,12H2,(H,28,31). The first-order chi connectivity index (χ1) is 16.4.